The Labute approximate surface area is 118 Å². The first-order valence-corrected chi connectivity index (χ1v) is 8.03. The number of nitrogens with one attached hydrogen (secondary N) is 1. The normalized spacial score (nSPS) is 31.1. The Morgan fingerprint density at radius 3 is 2.44 bits per heavy atom. The summed E-state index contributed by atoms with van der Waals surface area (Å²) in [7, 11) is 0. The maximum absolute atomic E-state index is 3.72. The minimum Gasteiger partial charge on any atom is -0.314 e. The fourth-order valence-corrected chi connectivity index (χ4v) is 3.90. The fraction of sp³-hybridized carbons (Fsp3) is 0.625. The highest BCUT2D eigenvalue weighted by Crippen LogP contribution is 2.55. The first-order chi connectivity index (χ1) is 8.76. The van der Waals surface area contributed by atoms with Gasteiger partial charge in [-0.05, 0) is 67.7 Å². The number of likely N-dealkylation sites (N-methyl/N-ethyl adjacent to an activating group) is 1. The highest BCUT2D eigenvalue weighted by Gasteiger charge is 2.47. The number of benzene rings is 1. The van der Waals surface area contributed by atoms with Gasteiger partial charge in [-0.15, -0.1) is 0 Å². The van der Waals surface area contributed by atoms with Gasteiger partial charge in [0.05, 0.1) is 0 Å². The molecular formula is C16H22BrN. The molecule has 3 atom stereocenters. The highest BCUT2D eigenvalue weighted by atomic mass is 79.9. The van der Waals surface area contributed by atoms with Crippen molar-refractivity contribution in [2.75, 3.05) is 6.54 Å². The van der Waals surface area contributed by atoms with Gasteiger partial charge in [0.15, 0.2) is 0 Å². The van der Waals surface area contributed by atoms with Crippen LogP contribution in [0.15, 0.2) is 28.7 Å². The van der Waals surface area contributed by atoms with Gasteiger partial charge in [-0.2, -0.15) is 0 Å². The lowest BCUT2D eigenvalue weighted by Crippen LogP contribution is -2.37. The Bertz CT molecular complexity index is 390. The number of halogens is 1. The van der Waals surface area contributed by atoms with Gasteiger partial charge in [0, 0.05) is 10.5 Å². The van der Waals surface area contributed by atoms with Crippen molar-refractivity contribution in [1.82, 2.24) is 5.32 Å². The monoisotopic (exact) mass is 307 g/mol. The number of fused-ring (bicyclic) bond motifs is 1. The van der Waals surface area contributed by atoms with Gasteiger partial charge < -0.3 is 5.32 Å². The van der Waals surface area contributed by atoms with Crippen molar-refractivity contribution < 1.29 is 0 Å². The van der Waals surface area contributed by atoms with Crippen LogP contribution < -0.4 is 5.32 Å². The molecule has 1 aromatic carbocycles. The zero-order valence-electron chi connectivity index (χ0n) is 11.0. The third kappa shape index (κ3) is 2.80. The minimum atomic E-state index is 0.684. The molecule has 2 aliphatic rings. The third-order valence-corrected chi connectivity index (χ3v) is 5.21. The zero-order chi connectivity index (χ0) is 12.5. The SMILES string of the molecule is CCNC(Cc1ccc(Br)cc1)C1CC2CC2C1. The molecule has 0 radical (unpaired) electrons. The summed E-state index contributed by atoms with van der Waals surface area (Å²) in [6.07, 6.45) is 5.65. The molecule has 2 heteroatoms. The van der Waals surface area contributed by atoms with Gasteiger partial charge in [-0.3, -0.25) is 0 Å². The zero-order valence-corrected chi connectivity index (χ0v) is 12.6. The summed E-state index contributed by atoms with van der Waals surface area (Å²) in [4.78, 5) is 0. The van der Waals surface area contributed by atoms with E-state index in [1.807, 2.05) is 0 Å². The van der Waals surface area contributed by atoms with Crippen LogP contribution in [-0.2, 0) is 6.42 Å². The lowest BCUT2D eigenvalue weighted by atomic mass is 9.89. The number of hydrogen-bond donors (Lipinski definition) is 1. The summed E-state index contributed by atoms with van der Waals surface area (Å²) in [6.45, 7) is 3.32. The van der Waals surface area contributed by atoms with E-state index in [1.165, 1.54) is 35.7 Å². The Morgan fingerprint density at radius 2 is 1.83 bits per heavy atom. The molecule has 0 saturated heterocycles. The molecule has 18 heavy (non-hydrogen) atoms. The van der Waals surface area contributed by atoms with Crippen molar-refractivity contribution in [2.45, 2.75) is 38.6 Å². The Kier molecular flexibility index (Phi) is 3.76. The predicted molar refractivity (Wildman–Crippen MR) is 79.6 cm³/mol. The van der Waals surface area contributed by atoms with E-state index in [1.54, 1.807) is 0 Å². The summed E-state index contributed by atoms with van der Waals surface area (Å²) in [5, 5.41) is 3.72. The first-order valence-electron chi connectivity index (χ1n) is 7.24. The van der Waals surface area contributed by atoms with E-state index in [9.17, 15) is 0 Å². The fourth-order valence-electron chi connectivity index (χ4n) is 3.63. The summed E-state index contributed by atoms with van der Waals surface area (Å²) < 4.78 is 1.17. The Hall–Kier alpha value is -0.340. The second-order valence-electron chi connectivity index (χ2n) is 5.98. The summed E-state index contributed by atoms with van der Waals surface area (Å²) in [6, 6.07) is 9.51. The van der Waals surface area contributed by atoms with E-state index in [-0.39, 0.29) is 0 Å². The van der Waals surface area contributed by atoms with Crippen LogP contribution in [0, 0.1) is 17.8 Å². The molecule has 2 saturated carbocycles. The topological polar surface area (TPSA) is 12.0 Å². The van der Waals surface area contributed by atoms with Gasteiger partial charge in [0.1, 0.15) is 0 Å². The molecule has 0 bridgehead atoms. The van der Waals surface area contributed by atoms with Gasteiger partial charge in [-0.25, -0.2) is 0 Å². The molecule has 0 amide bonds. The maximum Gasteiger partial charge on any atom is 0.0175 e. The molecule has 1 N–H and O–H groups in total. The number of rotatable bonds is 5. The van der Waals surface area contributed by atoms with Gasteiger partial charge in [0.2, 0.25) is 0 Å². The Balaban J connectivity index is 1.64. The predicted octanol–water partition coefficient (Wildman–Crippen LogP) is 4.02. The second kappa shape index (κ2) is 5.34. The largest absolute Gasteiger partial charge is 0.314 e. The van der Waals surface area contributed by atoms with Crippen LogP contribution in [-0.4, -0.2) is 12.6 Å². The van der Waals surface area contributed by atoms with Crippen molar-refractivity contribution in [2.24, 2.45) is 17.8 Å². The van der Waals surface area contributed by atoms with E-state index in [4.69, 9.17) is 0 Å². The lowest BCUT2D eigenvalue weighted by molar-refractivity contribution is 0.337. The lowest BCUT2D eigenvalue weighted by Gasteiger charge is -2.25. The van der Waals surface area contributed by atoms with Crippen LogP contribution in [0.4, 0.5) is 0 Å². The smallest absolute Gasteiger partial charge is 0.0175 e. The van der Waals surface area contributed by atoms with E-state index in [0.717, 1.165) is 24.3 Å². The van der Waals surface area contributed by atoms with Gasteiger partial charge in [-0.1, -0.05) is 35.0 Å². The molecule has 1 aromatic rings. The van der Waals surface area contributed by atoms with Crippen LogP contribution in [0.1, 0.15) is 31.7 Å². The number of hydrogen-bond acceptors (Lipinski definition) is 1. The van der Waals surface area contributed by atoms with Crippen molar-refractivity contribution in [3.8, 4) is 0 Å². The van der Waals surface area contributed by atoms with Crippen molar-refractivity contribution in [1.29, 1.82) is 0 Å². The average molecular weight is 308 g/mol. The summed E-state index contributed by atoms with van der Waals surface area (Å²) >= 11 is 3.51. The van der Waals surface area contributed by atoms with Gasteiger partial charge in [0.25, 0.3) is 0 Å². The van der Waals surface area contributed by atoms with E-state index in [0.29, 0.717) is 6.04 Å². The molecule has 2 aliphatic carbocycles. The molecule has 1 nitrogen and oxygen atoms in total. The quantitative estimate of drug-likeness (QED) is 0.866. The molecule has 0 heterocycles. The summed E-state index contributed by atoms with van der Waals surface area (Å²) in [5.41, 5.74) is 1.46. The minimum absolute atomic E-state index is 0.684. The second-order valence-corrected chi connectivity index (χ2v) is 6.90. The maximum atomic E-state index is 3.72. The van der Waals surface area contributed by atoms with Crippen molar-refractivity contribution >= 4 is 15.9 Å². The van der Waals surface area contributed by atoms with Crippen molar-refractivity contribution in [3.05, 3.63) is 34.3 Å². The first kappa shape index (κ1) is 12.7. The van der Waals surface area contributed by atoms with E-state index in [2.05, 4.69) is 52.4 Å². The standard InChI is InChI=1S/C16H22BrN/c1-2-18-16(14-9-12-8-13(12)10-14)7-11-3-5-15(17)6-4-11/h3-6,12-14,16,18H,2,7-10H2,1H3. The van der Waals surface area contributed by atoms with Crippen LogP contribution in [0.2, 0.25) is 0 Å². The van der Waals surface area contributed by atoms with Crippen LogP contribution in [0.25, 0.3) is 0 Å². The van der Waals surface area contributed by atoms with E-state index < -0.39 is 0 Å². The molecule has 98 valence electrons. The van der Waals surface area contributed by atoms with Gasteiger partial charge >= 0.3 is 0 Å². The van der Waals surface area contributed by atoms with Crippen molar-refractivity contribution in [3.63, 3.8) is 0 Å². The van der Waals surface area contributed by atoms with E-state index >= 15 is 0 Å². The molecule has 3 rings (SSSR count). The molecule has 0 aromatic heterocycles. The molecule has 0 spiro atoms. The average Bonchev–Trinajstić information content (AvgIpc) is 2.98. The van der Waals surface area contributed by atoms with Crippen LogP contribution >= 0.6 is 15.9 Å². The Morgan fingerprint density at radius 1 is 1.17 bits per heavy atom. The molecule has 3 unspecified atom stereocenters. The molecule has 2 fully saturated rings. The van der Waals surface area contributed by atoms with Crippen LogP contribution in [0.5, 0.6) is 0 Å². The third-order valence-electron chi connectivity index (χ3n) is 4.68. The van der Waals surface area contributed by atoms with Crippen LogP contribution in [0.3, 0.4) is 0 Å². The highest BCUT2D eigenvalue weighted by molar-refractivity contribution is 9.10. The molecule has 0 aliphatic heterocycles. The molecular weight excluding hydrogens is 286 g/mol. The summed E-state index contributed by atoms with van der Waals surface area (Å²) in [5.74, 6) is 3.08.